The van der Waals surface area contributed by atoms with Crippen LogP contribution in [0.5, 0.6) is 0 Å². The smallest absolute Gasteiger partial charge is 0.259 e. The molecule has 4 rings (SSSR count). The van der Waals surface area contributed by atoms with Gasteiger partial charge >= 0.3 is 0 Å². The Morgan fingerprint density at radius 1 is 1.00 bits per heavy atom. The van der Waals surface area contributed by atoms with Crippen molar-refractivity contribution in [3.63, 3.8) is 0 Å². The van der Waals surface area contributed by atoms with Gasteiger partial charge in [-0.3, -0.25) is 4.79 Å². The van der Waals surface area contributed by atoms with E-state index in [0.29, 0.717) is 12.1 Å². The van der Waals surface area contributed by atoms with Gasteiger partial charge in [0.2, 0.25) is 0 Å². The minimum absolute atomic E-state index is 0.00418. The molecule has 0 fully saturated rings. The fourth-order valence-electron chi connectivity index (χ4n) is 3.39. The van der Waals surface area contributed by atoms with Crippen molar-refractivity contribution in [2.75, 3.05) is 11.4 Å². The van der Waals surface area contributed by atoms with Crippen LogP contribution in [0.15, 0.2) is 66.7 Å². The third-order valence-electron chi connectivity index (χ3n) is 4.66. The third-order valence-corrected chi connectivity index (χ3v) is 5.38. The molecule has 0 bridgehead atoms. The fraction of sp³-hybridized carbons (Fsp3) is 0.0909. The summed E-state index contributed by atoms with van der Waals surface area (Å²) in [7, 11) is 0. The predicted molar refractivity (Wildman–Crippen MR) is 111 cm³/mol. The highest BCUT2D eigenvalue weighted by Crippen LogP contribution is 2.33. The summed E-state index contributed by atoms with van der Waals surface area (Å²) >= 11 is 2.28. The van der Waals surface area contributed by atoms with Crippen LogP contribution in [0.4, 0.5) is 5.69 Å². The summed E-state index contributed by atoms with van der Waals surface area (Å²) in [6.45, 7) is 0.622. The van der Waals surface area contributed by atoms with E-state index in [-0.39, 0.29) is 5.91 Å². The Morgan fingerprint density at radius 3 is 2.54 bits per heavy atom. The molecule has 0 aromatic heterocycles. The van der Waals surface area contributed by atoms with E-state index in [9.17, 15) is 4.79 Å². The zero-order valence-corrected chi connectivity index (χ0v) is 16.1. The molecule has 0 aliphatic carbocycles. The standard InChI is InChI=1S/C22H15IN2O/c23-18-9-7-16(8-10-18)20-6-2-4-17-11-12-25(22(26)21(17)20)19-5-1-3-15(13-19)14-24/h1-10,13H,11-12H2. The van der Waals surface area contributed by atoms with Gasteiger partial charge in [-0.2, -0.15) is 5.26 Å². The van der Waals surface area contributed by atoms with Crippen LogP contribution in [-0.2, 0) is 6.42 Å². The van der Waals surface area contributed by atoms with Gasteiger partial charge in [-0.15, -0.1) is 0 Å². The highest BCUT2D eigenvalue weighted by molar-refractivity contribution is 14.1. The van der Waals surface area contributed by atoms with Crippen LogP contribution >= 0.6 is 22.6 Å². The summed E-state index contributed by atoms with van der Waals surface area (Å²) in [6.07, 6.45) is 0.802. The molecule has 1 heterocycles. The molecule has 3 aromatic rings. The minimum Gasteiger partial charge on any atom is -0.308 e. The van der Waals surface area contributed by atoms with Crippen LogP contribution in [-0.4, -0.2) is 12.5 Å². The topological polar surface area (TPSA) is 44.1 Å². The van der Waals surface area contributed by atoms with Crippen molar-refractivity contribution in [2.24, 2.45) is 0 Å². The molecule has 3 nitrogen and oxygen atoms in total. The number of carbonyl (C=O) groups excluding carboxylic acids is 1. The number of halogens is 1. The SMILES string of the molecule is N#Cc1cccc(N2CCc3cccc(-c4ccc(I)cc4)c3C2=O)c1. The molecule has 0 spiro atoms. The second-order valence-corrected chi connectivity index (χ2v) is 7.46. The first kappa shape index (κ1) is 16.8. The molecule has 0 N–H and O–H groups in total. The summed E-state index contributed by atoms with van der Waals surface area (Å²) in [5.74, 6) is -0.00418. The maximum absolute atomic E-state index is 13.3. The Hall–Kier alpha value is -2.65. The zero-order chi connectivity index (χ0) is 18.1. The van der Waals surface area contributed by atoms with Crippen molar-refractivity contribution in [3.8, 4) is 17.2 Å². The first-order valence-corrected chi connectivity index (χ1v) is 9.45. The number of nitrogens with zero attached hydrogens (tertiary/aromatic N) is 2. The quantitative estimate of drug-likeness (QED) is 0.514. The van der Waals surface area contributed by atoms with Gasteiger partial charge in [-0.1, -0.05) is 36.4 Å². The normalized spacial score (nSPS) is 13.2. The molecule has 0 saturated heterocycles. The lowest BCUT2D eigenvalue weighted by Crippen LogP contribution is -2.38. The van der Waals surface area contributed by atoms with Gasteiger partial charge in [-0.05, 0) is 76.0 Å². The molecule has 1 amide bonds. The monoisotopic (exact) mass is 450 g/mol. The average molecular weight is 450 g/mol. The molecular formula is C22H15IN2O. The van der Waals surface area contributed by atoms with Crippen LogP contribution in [0.3, 0.4) is 0 Å². The van der Waals surface area contributed by atoms with E-state index in [4.69, 9.17) is 5.26 Å². The van der Waals surface area contributed by atoms with Crippen LogP contribution in [0.1, 0.15) is 21.5 Å². The lowest BCUT2D eigenvalue weighted by atomic mass is 9.90. The minimum atomic E-state index is -0.00418. The van der Waals surface area contributed by atoms with Gasteiger partial charge in [0.1, 0.15) is 0 Å². The van der Waals surface area contributed by atoms with Crippen LogP contribution in [0.2, 0.25) is 0 Å². The summed E-state index contributed by atoms with van der Waals surface area (Å²) in [5, 5.41) is 9.15. The number of rotatable bonds is 2. The molecule has 126 valence electrons. The van der Waals surface area contributed by atoms with Crippen molar-refractivity contribution in [1.82, 2.24) is 0 Å². The van der Waals surface area contributed by atoms with Gasteiger partial charge in [0.15, 0.2) is 0 Å². The van der Waals surface area contributed by atoms with E-state index in [2.05, 4.69) is 52.9 Å². The summed E-state index contributed by atoms with van der Waals surface area (Å²) < 4.78 is 1.16. The molecule has 1 aliphatic rings. The number of benzene rings is 3. The first-order chi connectivity index (χ1) is 12.7. The van der Waals surface area contributed by atoms with Gasteiger partial charge < -0.3 is 4.90 Å². The number of fused-ring (bicyclic) bond motifs is 1. The molecule has 3 aromatic carbocycles. The Morgan fingerprint density at radius 2 is 1.77 bits per heavy atom. The average Bonchev–Trinajstić information content (AvgIpc) is 2.68. The second kappa shape index (κ2) is 6.93. The summed E-state index contributed by atoms with van der Waals surface area (Å²) in [4.78, 5) is 15.1. The summed E-state index contributed by atoms with van der Waals surface area (Å²) in [5.41, 5.74) is 5.19. The van der Waals surface area contributed by atoms with Crippen molar-refractivity contribution < 1.29 is 4.79 Å². The Labute approximate surface area is 166 Å². The molecule has 1 aliphatic heterocycles. The van der Waals surface area contributed by atoms with Crippen LogP contribution in [0, 0.1) is 14.9 Å². The van der Waals surface area contributed by atoms with E-state index in [1.54, 1.807) is 17.0 Å². The molecule has 0 radical (unpaired) electrons. The number of hydrogen-bond donors (Lipinski definition) is 0. The first-order valence-electron chi connectivity index (χ1n) is 8.37. The molecule has 0 atom stereocenters. The highest BCUT2D eigenvalue weighted by Gasteiger charge is 2.28. The Kier molecular flexibility index (Phi) is 4.48. The predicted octanol–water partition coefficient (Wildman–Crippen LogP) is 5.03. The van der Waals surface area contributed by atoms with Crippen molar-refractivity contribution in [3.05, 3.63) is 87.0 Å². The van der Waals surface area contributed by atoms with Crippen molar-refractivity contribution in [2.45, 2.75) is 6.42 Å². The third kappa shape index (κ3) is 2.99. The number of amides is 1. The van der Waals surface area contributed by atoms with Crippen LogP contribution in [0.25, 0.3) is 11.1 Å². The van der Waals surface area contributed by atoms with Gasteiger partial charge in [0.25, 0.3) is 5.91 Å². The molecule has 26 heavy (non-hydrogen) atoms. The molecule has 0 saturated carbocycles. The van der Waals surface area contributed by atoms with Gasteiger partial charge in [0.05, 0.1) is 17.2 Å². The number of nitriles is 1. The Bertz CT molecular complexity index is 1030. The second-order valence-electron chi connectivity index (χ2n) is 6.22. The van der Waals surface area contributed by atoms with Gasteiger partial charge in [-0.25, -0.2) is 0 Å². The highest BCUT2D eigenvalue weighted by atomic mass is 127. The lowest BCUT2D eigenvalue weighted by Gasteiger charge is -2.30. The van der Waals surface area contributed by atoms with Crippen LogP contribution < -0.4 is 4.90 Å². The number of anilines is 1. The van der Waals surface area contributed by atoms with E-state index in [1.165, 1.54) is 0 Å². The van der Waals surface area contributed by atoms with E-state index >= 15 is 0 Å². The van der Waals surface area contributed by atoms with E-state index in [0.717, 1.165) is 37.9 Å². The number of carbonyl (C=O) groups is 1. The van der Waals surface area contributed by atoms with Gasteiger partial charge in [0, 0.05) is 15.8 Å². The van der Waals surface area contributed by atoms with E-state index in [1.807, 2.05) is 30.3 Å². The summed E-state index contributed by atoms with van der Waals surface area (Å²) in [6, 6.07) is 23.7. The number of hydrogen-bond acceptors (Lipinski definition) is 2. The molecule has 0 unspecified atom stereocenters. The maximum Gasteiger partial charge on any atom is 0.259 e. The zero-order valence-electron chi connectivity index (χ0n) is 13.9. The molecule has 4 heteroatoms. The van der Waals surface area contributed by atoms with Crippen molar-refractivity contribution >= 4 is 34.2 Å². The lowest BCUT2D eigenvalue weighted by molar-refractivity contribution is 0.0981. The fourth-order valence-corrected chi connectivity index (χ4v) is 3.75. The van der Waals surface area contributed by atoms with E-state index < -0.39 is 0 Å². The molecular weight excluding hydrogens is 435 g/mol. The Balaban J connectivity index is 1.80. The largest absolute Gasteiger partial charge is 0.308 e. The maximum atomic E-state index is 13.3. The van der Waals surface area contributed by atoms with Crippen molar-refractivity contribution in [1.29, 1.82) is 5.26 Å².